The van der Waals surface area contributed by atoms with Gasteiger partial charge in [-0.1, -0.05) is 32.6 Å². The first-order chi connectivity index (χ1) is 12.0. The summed E-state index contributed by atoms with van der Waals surface area (Å²) < 4.78 is 5.69. The van der Waals surface area contributed by atoms with Gasteiger partial charge in [0, 0.05) is 12.4 Å². The van der Waals surface area contributed by atoms with Crippen LogP contribution in [0, 0.1) is 0 Å². The van der Waals surface area contributed by atoms with Crippen molar-refractivity contribution in [2.75, 3.05) is 27.7 Å². The number of aliphatic carboxylic acids is 1. The predicted octanol–water partition coefficient (Wildman–Crippen LogP) is 0.607. The van der Waals surface area contributed by atoms with Gasteiger partial charge in [-0.25, -0.2) is 0 Å². The van der Waals surface area contributed by atoms with Crippen molar-refractivity contribution in [1.82, 2.24) is 0 Å². The van der Waals surface area contributed by atoms with Crippen LogP contribution >= 0.6 is 0 Å². The van der Waals surface area contributed by atoms with E-state index in [0.29, 0.717) is 17.4 Å². The number of carbonyl (C=O) groups excluding carboxylic acids is 2. The van der Waals surface area contributed by atoms with Crippen molar-refractivity contribution in [3.05, 3.63) is 0 Å². The number of aliphatic hydroxyl groups is 2. The number of carboxylic acid groups (broad SMARTS) is 1. The van der Waals surface area contributed by atoms with Crippen LogP contribution in [-0.4, -0.2) is 72.6 Å². The number of aliphatic hydroxyl groups excluding tert-OH is 2. The van der Waals surface area contributed by atoms with Gasteiger partial charge in [0.2, 0.25) is 0 Å². The molecule has 7 heteroatoms. The fraction of sp³-hybridized carbons (Fsp3) is 0.895. The van der Waals surface area contributed by atoms with Crippen molar-refractivity contribution >= 4 is 11.9 Å². The molecule has 0 radical (unpaired) electrons. The summed E-state index contributed by atoms with van der Waals surface area (Å²) in [7, 11) is 5.64. The third-order valence-electron chi connectivity index (χ3n) is 4.14. The molecule has 2 N–H and O–H groups in total. The summed E-state index contributed by atoms with van der Waals surface area (Å²) in [5.74, 6) is -1.84. The lowest BCUT2D eigenvalue weighted by atomic mass is 10.0. The van der Waals surface area contributed by atoms with Gasteiger partial charge in [0.1, 0.15) is 6.54 Å². The second-order valence-electron chi connectivity index (χ2n) is 8.07. The van der Waals surface area contributed by atoms with E-state index in [0.717, 1.165) is 38.5 Å². The van der Waals surface area contributed by atoms with Crippen LogP contribution < -0.4 is 5.11 Å². The van der Waals surface area contributed by atoms with Gasteiger partial charge in [-0.15, -0.1) is 0 Å². The van der Waals surface area contributed by atoms with Crippen LogP contribution in [0.15, 0.2) is 0 Å². The number of quaternary nitrogens is 1. The van der Waals surface area contributed by atoms with E-state index in [1.807, 2.05) is 28.1 Å². The first-order valence-corrected chi connectivity index (χ1v) is 9.59. The van der Waals surface area contributed by atoms with Crippen LogP contribution in [0.2, 0.25) is 0 Å². The van der Waals surface area contributed by atoms with E-state index in [9.17, 15) is 24.9 Å². The smallest absolute Gasteiger partial charge is 0.308 e. The number of hydrogen-bond donors (Lipinski definition) is 2. The maximum atomic E-state index is 11.9. The number of nitrogens with zero attached hydrogens (tertiary/aromatic N) is 1. The highest BCUT2D eigenvalue weighted by atomic mass is 16.5. The van der Waals surface area contributed by atoms with E-state index in [2.05, 4.69) is 0 Å². The van der Waals surface area contributed by atoms with E-state index >= 15 is 0 Å². The van der Waals surface area contributed by atoms with Crippen molar-refractivity contribution in [3.8, 4) is 0 Å². The summed E-state index contributed by atoms with van der Waals surface area (Å²) in [5.41, 5.74) is 0. The van der Waals surface area contributed by atoms with Crippen molar-refractivity contribution in [2.24, 2.45) is 0 Å². The van der Waals surface area contributed by atoms with Crippen molar-refractivity contribution in [1.29, 1.82) is 0 Å². The molecule has 0 aliphatic rings. The molecule has 3 atom stereocenters. The second-order valence-corrected chi connectivity index (χ2v) is 8.07. The molecule has 7 nitrogen and oxygen atoms in total. The van der Waals surface area contributed by atoms with Crippen molar-refractivity contribution in [3.63, 3.8) is 0 Å². The third kappa shape index (κ3) is 15.1. The normalized spacial score (nSPS) is 15.3. The van der Waals surface area contributed by atoms with Crippen LogP contribution in [0.1, 0.15) is 64.7 Å². The second kappa shape index (κ2) is 13.1. The Hall–Kier alpha value is -1.18. The molecule has 0 bridgehead atoms. The zero-order chi connectivity index (χ0) is 20.2. The summed E-state index contributed by atoms with van der Waals surface area (Å²) >= 11 is 0. The van der Waals surface area contributed by atoms with Gasteiger partial charge in [0.05, 0.1) is 39.8 Å². The van der Waals surface area contributed by atoms with Gasteiger partial charge >= 0.3 is 5.97 Å². The van der Waals surface area contributed by atoms with Gasteiger partial charge in [0.25, 0.3) is 0 Å². The van der Waals surface area contributed by atoms with E-state index in [4.69, 9.17) is 4.74 Å². The highest BCUT2D eigenvalue weighted by Gasteiger charge is 2.23. The molecule has 0 aliphatic heterocycles. The van der Waals surface area contributed by atoms with Crippen LogP contribution in [0.4, 0.5) is 0 Å². The maximum absolute atomic E-state index is 11.9. The molecule has 0 aliphatic carbocycles. The molecular weight excluding hydrogens is 338 g/mol. The average Bonchev–Trinajstić information content (AvgIpc) is 2.47. The standard InChI is InChI=1S/C19H37NO6/c1-5-15(21)10-8-6-7-9-11-16(22)12-19(25)26-17(13-18(23)24)14-20(2,3)4/h15-17,21-22H,5-14H2,1-4H3. The molecule has 0 aromatic carbocycles. The molecular formula is C19H37NO6. The summed E-state index contributed by atoms with van der Waals surface area (Å²) in [6.45, 7) is 2.32. The Bertz CT molecular complexity index is 407. The number of ether oxygens (including phenoxy) is 1. The lowest BCUT2D eigenvalue weighted by Gasteiger charge is -2.29. The van der Waals surface area contributed by atoms with Crippen LogP contribution in [0.5, 0.6) is 0 Å². The molecule has 0 heterocycles. The number of rotatable bonds is 15. The fourth-order valence-electron chi connectivity index (χ4n) is 2.79. The topological polar surface area (TPSA) is 107 Å². The molecule has 154 valence electrons. The Morgan fingerprint density at radius 3 is 1.96 bits per heavy atom. The molecule has 0 spiro atoms. The number of carboxylic acids is 1. The molecule has 26 heavy (non-hydrogen) atoms. The Morgan fingerprint density at radius 2 is 1.50 bits per heavy atom. The first kappa shape index (κ1) is 24.8. The van der Waals surface area contributed by atoms with Gasteiger partial charge in [0.15, 0.2) is 6.10 Å². The minimum Gasteiger partial charge on any atom is -0.550 e. The molecule has 0 amide bonds. The van der Waals surface area contributed by atoms with Gasteiger partial charge in [-0.2, -0.15) is 0 Å². The van der Waals surface area contributed by atoms with Crippen LogP contribution in [0.25, 0.3) is 0 Å². The molecule has 0 aromatic rings. The number of hydrogen-bond acceptors (Lipinski definition) is 6. The fourth-order valence-corrected chi connectivity index (χ4v) is 2.79. The average molecular weight is 376 g/mol. The Morgan fingerprint density at radius 1 is 0.962 bits per heavy atom. The Kier molecular flexibility index (Phi) is 12.5. The zero-order valence-corrected chi connectivity index (χ0v) is 16.8. The third-order valence-corrected chi connectivity index (χ3v) is 4.14. The van der Waals surface area contributed by atoms with Crippen LogP contribution in [-0.2, 0) is 14.3 Å². The minimum absolute atomic E-state index is 0.130. The van der Waals surface area contributed by atoms with Crippen LogP contribution in [0.3, 0.4) is 0 Å². The minimum atomic E-state index is -1.26. The van der Waals surface area contributed by atoms with E-state index in [1.165, 1.54) is 0 Å². The largest absolute Gasteiger partial charge is 0.550 e. The monoisotopic (exact) mass is 375 g/mol. The van der Waals surface area contributed by atoms with E-state index in [1.54, 1.807) is 0 Å². The van der Waals surface area contributed by atoms with E-state index in [-0.39, 0.29) is 18.9 Å². The van der Waals surface area contributed by atoms with Gasteiger partial charge in [-0.3, -0.25) is 4.79 Å². The first-order valence-electron chi connectivity index (χ1n) is 9.59. The quantitative estimate of drug-likeness (QED) is 0.247. The number of carbonyl (C=O) groups is 2. The lowest BCUT2D eigenvalue weighted by Crippen LogP contribution is -2.45. The van der Waals surface area contributed by atoms with Gasteiger partial charge < -0.3 is 29.3 Å². The Labute approximate surface area is 157 Å². The highest BCUT2D eigenvalue weighted by molar-refractivity contribution is 5.71. The molecule has 0 aromatic heterocycles. The molecule has 0 saturated heterocycles. The van der Waals surface area contributed by atoms with E-state index < -0.39 is 24.1 Å². The molecule has 3 unspecified atom stereocenters. The summed E-state index contributed by atoms with van der Waals surface area (Å²) in [5, 5.41) is 30.2. The summed E-state index contributed by atoms with van der Waals surface area (Å²) in [6, 6.07) is 0. The molecule has 0 rings (SSSR count). The number of esters is 1. The molecule has 0 fully saturated rings. The zero-order valence-electron chi connectivity index (χ0n) is 16.8. The predicted molar refractivity (Wildman–Crippen MR) is 97.0 cm³/mol. The lowest BCUT2D eigenvalue weighted by molar-refractivity contribution is -0.873. The molecule has 0 saturated carbocycles. The van der Waals surface area contributed by atoms with Gasteiger partial charge in [-0.05, 0) is 19.3 Å². The highest BCUT2D eigenvalue weighted by Crippen LogP contribution is 2.13. The number of likely N-dealkylation sites (N-methyl/N-ethyl adjacent to an activating group) is 1. The number of unbranched alkanes of at least 4 members (excludes halogenated alkanes) is 3. The summed E-state index contributed by atoms with van der Waals surface area (Å²) in [6.07, 6.45) is 3.54. The van der Waals surface area contributed by atoms with Crippen molar-refractivity contribution < 1.29 is 34.1 Å². The Balaban J connectivity index is 4.05. The van der Waals surface area contributed by atoms with Crippen molar-refractivity contribution in [2.45, 2.75) is 83.0 Å². The summed E-state index contributed by atoms with van der Waals surface area (Å²) in [4.78, 5) is 22.8. The SMILES string of the molecule is CCC(O)CCCCCCC(O)CC(=O)OC(CC(=O)[O-])C[N+](C)(C)C. The maximum Gasteiger partial charge on any atom is 0.308 e.